The van der Waals surface area contributed by atoms with Crippen LogP contribution in [-0.4, -0.2) is 22.2 Å². The Labute approximate surface area is 208 Å². The van der Waals surface area contributed by atoms with Crippen molar-refractivity contribution in [3.05, 3.63) is 108 Å². The van der Waals surface area contributed by atoms with Gasteiger partial charge in [0.05, 0.1) is 10.7 Å². The van der Waals surface area contributed by atoms with E-state index in [4.69, 9.17) is 4.74 Å². The molecule has 3 aromatic carbocycles. The van der Waals surface area contributed by atoms with Crippen LogP contribution >= 0.6 is 23.5 Å². The summed E-state index contributed by atoms with van der Waals surface area (Å²) >= 11 is 4.36. The lowest BCUT2D eigenvalue weighted by atomic mass is 9.80. The van der Waals surface area contributed by atoms with Gasteiger partial charge in [-0.15, -0.1) is 23.5 Å². The van der Waals surface area contributed by atoms with Crippen LogP contribution in [0.2, 0.25) is 0 Å². The molecule has 3 aromatic rings. The summed E-state index contributed by atoms with van der Waals surface area (Å²) in [5.41, 5.74) is 2.95. The van der Waals surface area contributed by atoms with E-state index in [0.29, 0.717) is 4.08 Å². The third kappa shape index (κ3) is 5.88. The summed E-state index contributed by atoms with van der Waals surface area (Å²) in [5, 5.41) is 0. The first kappa shape index (κ1) is 24.4. The number of benzene rings is 3. The Balaban J connectivity index is 1.67. The van der Waals surface area contributed by atoms with Crippen LogP contribution in [-0.2, 0) is 10.3 Å². The second kappa shape index (κ2) is 12.1. The topological polar surface area (TPSA) is 9.23 Å². The van der Waals surface area contributed by atoms with Crippen LogP contribution in [0.1, 0.15) is 62.1 Å². The summed E-state index contributed by atoms with van der Waals surface area (Å²) in [4.78, 5) is 0. The first-order valence-electron chi connectivity index (χ1n) is 12.4. The third-order valence-electron chi connectivity index (χ3n) is 6.52. The van der Waals surface area contributed by atoms with Crippen molar-refractivity contribution in [1.29, 1.82) is 0 Å². The van der Waals surface area contributed by atoms with Gasteiger partial charge in [0.25, 0.3) is 0 Å². The van der Waals surface area contributed by atoms with Crippen LogP contribution in [0.15, 0.2) is 91.0 Å². The summed E-state index contributed by atoms with van der Waals surface area (Å²) in [6.07, 6.45) is 7.62. The van der Waals surface area contributed by atoms with Gasteiger partial charge in [0.1, 0.15) is 5.60 Å². The number of hydrogen-bond acceptors (Lipinski definition) is 3. The molecule has 0 amide bonds. The molecule has 0 N–H and O–H groups in total. The number of thioether (sulfide) groups is 2. The molecular formula is C30H36OS2. The highest BCUT2D eigenvalue weighted by molar-refractivity contribution is 8.18. The molecule has 1 fully saturated rings. The Morgan fingerprint density at radius 1 is 0.697 bits per heavy atom. The Kier molecular flexibility index (Phi) is 9.00. The molecule has 1 saturated heterocycles. The minimum Gasteiger partial charge on any atom is -0.361 e. The Morgan fingerprint density at radius 2 is 1.18 bits per heavy atom. The molecule has 0 radical (unpaired) electrons. The Morgan fingerprint density at radius 3 is 1.64 bits per heavy atom. The molecule has 0 spiro atoms. The molecule has 4 rings (SSSR count). The highest BCUT2D eigenvalue weighted by Crippen LogP contribution is 2.49. The lowest BCUT2D eigenvalue weighted by Crippen LogP contribution is -2.35. The summed E-state index contributed by atoms with van der Waals surface area (Å²) in [6.45, 7) is 3.04. The molecule has 1 nitrogen and oxygen atoms in total. The predicted octanol–water partition coefficient (Wildman–Crippen LogP) is 8.53. The van der Waals surface area contributed by atoms with Crippen molar-refractivity contribution in [3.8, 4) is 0 Å². The van der Waals surface area contributed by atoms with E-state index in [1.54, 1.807) is 0 Å². The zero-order valence-electron chi connectivity index (χ0n) is 19.7. The van der Waals surface area contributed by atoms with Crippen molar-refractivity contribution in [1.82, 2.24) is 0 Å². The lowest BCUT2D eigenvalue weighted by molar-refractivity contribution is 0.0102. The molecule has 1 heterocycles. The molecule has 0 aromatic heterocycles. The standard InChI is InChI=1S/C30H36OS2/c1-2-3-13-21-29(32-24-14-25-33-29)22-23-31-30(26-15-7-4-8-16-26,27-17-9-5-10-18-27)28-19-11-6-12-20-28/h4-12,15-20H,2-3,13-14,21-25H2,1H3. The highest BCUT2D eigenvalue weighted by atomic mass is 32.2. The average Bonchev–Trinajstić information content (AvgIpc) is 2.89. The van der Waals surface area contributed by atoms with E-state index in [1.165, 1.54) is 60.3 Å². The second-order valence-electron chi connectivity index (χ2n) is 8.80. The smallest absolute Gasteiger partial charge is 0.143 e. The minimum absolute atomic E-state index is 0.295. The monoisotopic (exact) mass is 476 g/mol. The van der Waals surface area contributed by atoms with Crippen LogP contribution in [0.3, 0.4) is 0 Å². The van der Waals surface area contributed by atoms with E-state index in [9.17, 15) is 0 Å². The first-order chi connectivity index (χ1) is 16.3. The first-order valence-corrected chi connectivity index (χ1v) is 14.3. The van der Waals surface area contributed by atoms with E-state index in [-0.39, 0.29) is 0 Å². The molecule has 1 aliphatic heterocycles. The summed E-state index contributed by atoms with van der Waals surface area (Å²) in [5.74, 6) is 2.56. The molecule has 0 bridgehead atoms. The summed E-state index contributed by atoms with van der Waals surface area (Å²) < 4.78 is 7.39. The van der Waals surface area contributed by atoms with Crippen molar-refractivity contribution in [2.45, 2.75) is 55.1 Å². The maximum absolute atomic E-state index is 7.10. The van der Waals surface area contributed by atoms with Crippen LogP contribution in [0.4, 0.5) is 0 Å². The van der Waals surface area contributed by atoms with Crippen molar-refractivity contribution in [3.63, 3.8) is 0 Å². The van der Waals surface area contributed by atoms with Gasteiger partial charge < -0.3 is 4.74 Å². The molecule has 33 heavy (non-hydrogen) atoms. The van der Waals surface area contributed by atoms with Gasteiger partial charge in [0, 0.05) is 0 Å². The number of ether oxygens (including phenoxy) is 1. The van der Waals surface area contributed by atoms with Gasteiger partial charge in [-0.05, 0) is 47.5 Å². The SMILES string of the molecule is CCCCCC1(CCOC(c2ccccc2)(c2ccccc2)c2ccccc2)SCCCS1. The predicted molar refractivity (Wildman–Crippen MR) is 146 cm³/mol. The number of unbranched alkanes of at least 4 members (excludes halogenated alkanes) is 2. The van der Waals surface area contributed by atoms with E-state index in [2.05, 4.69) is 121 Å². The average molecular weight is 477 g/mol. The molecule has 0 unspecified atom stereocenters. The van der Waals surface area contributed by atoms with E-state index in [1.807, 2.05) is 0 Å². The maximum Gasteiger partial charge on any atom is 0.143 e. The van der Waals surface area contributed by atoms with Gasteiger partial charge in [0.2, 0.25) is 0 Å². The van der Waals surface area contributed by atoms with Crippen molar-refractivity contribution in [2.24, 2.45) is 0 Å². The Bertz CT molecular complexity index is 840. The largest absolute Gasteiger partial charge is 0.361 e. The zero-order chi connectivity index (χ0) is 22.8. The maximum atomic E-state index is 7.10. The highest BCUT2D eigenvalue weighted by Gasteiger charge is 2.39. The van der Waals surface area contributed by atoms with Crippen molar-refractivity contribution in [2.75, 3.05) is 18.1 Å². The zero-order valence-corrected chi connectivity index (χ0v) is 21.4. The van der Waals surface area contributed by atoms with Gasteiger partial charge in [-0.1, -0.05) is 117 Å². The van der Waals surface area contributed by atoms with Gasteiger partial charge in [-0.2, -0.15) is 0 Å². The van der Waals surface area contributed by atoms with Gasteiger partial charge in [-0.25, -0.2) is 0 Å². The van der Waals surface area contributed by atoms with Crippen LogP contribution < -0.4 is 0 Å². The van der Waals surface area contributed by atoms with E-state index >= 15 is 0 Å². The molecule has 0 aliphatic carbocycles. The van der Waals surface area contributed by atoms with Gasteiger partial charge in [-0.3, -0.25) is 0 Å². The molecule has 174 valence electrons. The molecule has 0 saturated carbocycles. The number of hydrogen-bond donors (Lipinski definition) is 0. The molecule has 0 atom stereocenters. The van der Waals surface area contributed by atoms with Crippen molar-refractivity contribution < 1.29 is 4.74 Å². The lowest BCUT2D eigenvalue weighted by Gasteiger charge is -2.40. The third-order valence-corrected chi connectivity index (χ3v) is 10.1. The molecule has 3 heteroatoms. The van der Waals surface area contributed by atoms with Gasteiger partial charge in [0.15, 0.2) is 0 Å². The summed E-state index contributed by atoms with van der Waals surface area (Å²) in [6, 6.07) is 32.3. The van der Waals surface area contributed by atoms with Gasteiger partial charge >= 0.3 is 0 Å². The molecule has 1 aliphatic rings. The normalized spacial score (nSPS) is 15.9. The fourth-order valence-corrected chi connectivity index (χ4v) is 8.17. The molecular weight excluding hydrogens is 440 g/mol. The minimum atomic E-state index is -0.613. The quantitative estimate of drug-likeness (QED) is 0.203. The summed E-state index contributed by atoms with van der Waals surface area (Å²) in [7, 11) is 0. The fraction of sp³-hybridized carbons (Fsp3) is 0.400. The Hall–Kier alpha value is -1.68. The van der Waals surface area contributed by atoms with E-state index < -0.39 is 5.60 Å². The van der Waals surface area contributed by atoms with E-state index in [0.717, 1.165) is 13.0 Å². The fourth-order valence-electron chi connectivity index (χ4n) is 4.80. The van der Waals surface area contributed by atoms with Crippen LogP contribution in [0.5, 0.6) is 0 Å². The van der Waals surface area contributed by atoms with Crippen LogP contribution in [0, 0.1) is 0 Å². The van der Waals surface area contributed by atoms with Crippen LogP contribution in [0.25, 0.3) is 0 Å². The number of rotatable bonds is 11. The van der Waals surface area contributed by atoms with Crippen molar-refractivity contribution >= 4 is 23.5 Å². The second-order valence-corrected chi connectivity index (χ2v) is 12.0.